The number of carbonyl (C=O) groups is 1. The summed E-state index contributed by atoms with van der Waals surface area (Å²) in [4.78, 5) is 17.1. The second-order valence-electron chi connectivity index (χ2n) is 8.95. The molecule has 178 valence electrons. The van der Waals surface area contributed by atoms with Gasteiger partial charge in [-0.05, 0) is 56.0 Å². The Balaban J connectivity index is 1.46. The summed E-state index contributed by atoms with van der Waals surface area (Å²) in [6.45, 7) is 7.94. The van der Waals surface area contributed by atoms with E-state index in [1.807, 2.05) is 38.1 Å². The predicted octanol–water partition coefficient (Wildman–Crippen LogP) is 6.14. The highest BCUT2D eigenvalue weighted by atomic mass is 16.5. The standard InChI is InChI=1S/C28H39N3O2/c1-4-5-6-7-8-11-19-31-25-14-10-9-13-24(25)30-27(31)15-12-18-29-28(32)21-33-26-20-22(2)16-17-23(26)3/h9-10,13-14,16-17,20H,4-8,11-12,15,18-19,21H2,1-3H3,(H,29,32). The summed E-state index contributed by atoms with van der Waals surface area (Å²) in [6.07, 6.45) is 9.42. The molecule has 0 bridgehead atoms. The molecule has 2 aromatic carbocycles. The van der Waals surface area contributed by atoms with Crippen LogP contribution >= 0.6 is 0 Å². The molecule has 3 rings (SSSR count). The Kier molecular flexibility index (Phi) is 9.79. The normalized spacial score (nSPS) is 11.1. The van der Waals surface area contributed by atoms with Gasteiger partial charge in [0.15, 0.2) is 6.61 Å². The molecule has 5 heteroatoms. The van der Waals surface area contributed by atoms with E-state index in [1.165, 1.54) is 44.0 Å². The van der Waals surface area contributed by atoms with Crippen molar-refractivity contribution in [3.63, 3.8) is 0 Å². The van der Waals surface area contributed by atoms with Crippen molar-refractivity contribution in [2.45, 2.75) is 78.7 Å². The largest absolute Gasteiger partial charge is 0.483 e. The van der Waals surface area contributed by atoms with Crippen molar-refractivity contribution in [2.75, 3.05) is 13.2 Å². The van der Waals surface area contributed by atoms with Gasteiger partial charge in [0, 0.05) is 19.5 Å². The summed E-state index contributed by atoms with van der Waals surface area (Å²) < 4.78 is 8.08. The van der Waals surface area contributed by atoms with Crippen LogP contribution in [0.1, 0.15) is 68.8 Å². The van der Waals surface area contributed by atoms with Gasteiger partial charge in [0.05, 0.1) is 11.0 Å². The van der Waals surface area contributed by atoms with E-state index in [4.69, 9.17) is 9.72 Å². The van der Waals surface area contributed by atoms with Gasteiger partial charge in [-0.3, -0.25) is 4.79 Å². The summed E-state index contributed by atoms with van der Waals surface area (Å²) in [5.41, 5.74) is 4.44. The molecule has 1 heterocycles. The van der Waals surface area contributed by atoms with E-state index in [0.717, 1.165) is 47.6 Å². The van der Waals surface area contributed by atoms with Crippen LogP contribution in [0.3, 0.4) is 0 Å². The smallest absolute Gasteiger partial charge is 0.257 e. The van der Waals surface area contributed by atoms with Crippen molar-refractivity contribution >= 4 is 16.9 Å². The van der Waals surface area contributed by atoms with Crippen LogP contribution in [0.4, 0.5) is 0 Å². The van der Waals surface area contributed by atoms with Gasteiger partial charge in [0.25, 0.3) is 5.91 Å². The van der Waals surface area contributed by atoms with Gasteiger partial charge in [0.1, 0.15) is 11.6 Å². The monoisotopic (exact) mass is 449 g/mol. The number of ether oxygens (including phenoxy) is 1. The number of imidazole rings is 1. The first-order chi connectivity index (χ1) is 16.1. The fraction of sp³-hybridized carbons (Fsp3) is 0.500. The predicted molar refractivity (Wildman–Crippen MR) is 136 cm³/mol. The van der Waals surface area contributed by atoms with Crippen molar-refractivity contribution in [3.05, 3.63) is 59.4 Å². The number of hydrogen-bond donors (Lipinski definition) is 1. The highest BCUT2D eigenvalue weighted by Crippen LogP contribution is 2.20. The number of rotatable bonds is 14. The number of aromatic nitrogens is 2. The Morgan fingerprint density at radius 1 is 1.00 bits per heavy atom. The molecule has 0 saturated carbocycles. The lowest BCUT2D eigenvalue weighted by molar-refractivity contribution is -0.123. The lowest BCUT2D eigenvalue weighted by atomic mass is 10.1. The molecule has 33 heavy (non-hydrogen) atoms. The molecule has 5 nitrogen and oxygen atoms in total. The van der Waals surface area contributed by atoms with Crippen LogP contribution in [-0.4, -0.2) is 28.6 Å². The second kappa shape index (κ2) is 13.0. The molecule has 0 aliphatic rings. The van der Waals surface area contributed by atoms with E-state index >= 15 is 0 Å². The second-order valence-corrected chi connectivity index (χ2v) is 8.95. The third-order valence-corrected chi connectivity index (χ3v) is 6.07. The summed E-state index contributed by atoms with van der Waals surface area (Å²) in [5, 5.41) is 2.98. The SMILES string of the molecule is CCCCCCCCn1c(CCCNC(=O)COc2cc(C)ccc2C)nc2ccccc21. The molecule has 0 spiro atoms. The quantitative estimate of drug-likeness (QED) is 0.301. The topological polar surface area (TPSA) is 56.2 Å². The summed E-state index contributed by atoms with van der Waals surface area (Å²) in [7, 11) is 0. The number of unbranched alkanes of at least 4 members (excludes halogenated alkanes) is 5. The van der Waals surface area contributed by atoms with E-state index in [1.54, 1.807) is 0 Å². The van der Waals surface area contributed by atoms with Crippen molar-refractivity contribution in [3.8, 4) is 5.75 Å². The van der Waals surface area contributed by atoms with E-state index in [2.05, 4.69) is 35.0 Å². The van der Waals surface area contributed by atoms with Crippen LogP contribution in [0.5, 0.6) is 5.75 Å². The van der Waals surface area contributed by atoms with Gasteiger partial charge in [-0.15, -0.1) is 0 Å². The first kappa shape index (κ1) is 24.8. The summed E-state index contributed by atoms with van der Waals surface area (Å²) in [5.74, 6) is 1.80. The highest BCUT2D eigenvalue weighted by Gasteiger charge is 2.11. The van der Waals surface area contributed by atoms with Gasteiger partial charge in [-0.1, -0.05) is 63.3 Å². The maximum atomic E-state index is 12.2. The van der Waals surface area contributed by atoms with Crippen LogP contribution in [0, 0.1) is 13.8 Å². The number of nitrogens with one attached hydrogen (secondary N) is 1. The fourth-order valence-corrected chi connectivity index (χ4v) is 4.15. The highest BCUT2D eigenvalue weighted by molar-refractivity contribution is 5.77. The Morgan fingerprint density at radius 3 is 2.64 bits per heavy atom. The van der Waals surface area contributed by atoms with Gasteiger partial charge in [-0.2, -0.15) is 0 Å². The first-order valence-corrected chi connectivity index (χ1v) is 12.5. The molecule has 0 aliphatic carbocycles. The first-order valence-electron chi connectivity index (χ1n) is 12.5. The zero-order valence-electron chi connectivity index (χ0n) is 20.5. The maximum Gasteiger partial charge on any atom is 0.257 e. The van der Waals surface area contributed by atoms with Gasteiger partial charge >= 0.3 is 0 Å². The molecule has 0 radical (unpaired) electrons. The summed E-state index contributed by atoms with van der Waals surface area (Å²) in [6, 6.07) is 14.4. The minimum Gasteiger partial charge on any atom is -0.483 e. The fourth-order valence-electron chi connectivity index (χ4n) is 4.15. The number of amides is 1. The van der Waals surface area contributed by atoms with E-state index in [0.29, 0.717) is 6.54 Å². The zero-order chi connectivity index (χ0) is 23.5. The van der Waals surface area contributed by atoms with Crippen LogP contribution in [-0.2, 0) is 17.8 Å². The van der Waals surface area contributed by atoms with Crippen LogP contribution in [0.25, 0.3) is 11.0 Å². The molecular weight excluding hydrogens is 410 g/mol. The third-order valence-electron chi connectivity index (χ3n) is 6.07. The molecule has 0 unspecified atom stereocenters. The van der Waals surface area contributed by atoms with Crippen LogP contribution in [0.15, 0.2) is 42.5 Å². The average Bonchev–Trinajstić information content (AvgIpc) is 3.17. The minimum absolute atomic E-state index is 0.0425. The molecular formula is C28H39N3O2. The van der Waals surface area contributed by atoms with E-state index < -0.39 is 0 Å². The Labute approximate surface area is 198 Å². The molecule has 0 saturated heterocycles. The lowest BCUT2D eigenvalue weighted by Gasteiger charge is -2.11. The number of nitrogens with zero attached hydrogens (tertiary/aromatic N) is 2. The van der Waals surface area contributed by atoms with Crippen molar-refractivity contribution in [1.29, 1.82) is 0 Å². The number of aryl methyl sites for hydroxylation is 4. The number of carbonyl (C=O) groups excluding carboxylic acids is 1. The van der Waals surface area contributed by atoms with Gasteiger partial charge in [0.2, 0.25) is 0 Å². The van der Waals surface area contributed by atoms with Crippen molar-refractivity contribution in [2.24, 2.45) is 0 Å². The molecule has 0 aliphatic heterocycles. The molecule has 1 aromatic heterocycles. The Morgan fingerprint density at radius 2 is 1.79 bits per heavy atom. The van der Waals surface area contributed by atoms with Crippen molar-refractivity contribution in [1.82, 2.24) is 14.9 Å². The van der Waals surface area contributed by atoms with Gasteiger partial charge < -0.3 is 14.6 Å². The molecule has 1 N–H and O–H groups in total. The zero-order valence-corrected chi connectivity index (χ0v) is 20.5. The molecule has 1 amide bonds. The van der Waals surface area contributed by atoms with Crippen LogP contribution < -0.4 is 10.1 Å². The average molecular weight is 450 g/mol. The lowest BCUT2D eigenvalue weighted by Crippen LogP contribution is -2.30. The molecule has 3 aromatic rings. The number of para-hydroxylation sites is 2. The van der Waals surface area contributed by atoms with Crippen molar-refractivity contribution < 1.29 is 9.53 Å². The van der Waals surface area contributed by atoms with Gasteiger partial charge in [-0.25, -0.2) is 4.98 Å². The molecule has 0 fully saturated rings. The summed E-state index contributed by atoms with van der Waals surface area (Å²) >= 11 is 0. The number of fused-ring (bicyclic) bond motifs is 1. The number of benzene rings is 2. The van der Waals surface area contributed by atoms with E-state index in [9.17, 15) is 4.79 Å². The minimum atomic E-state index is -0.0866. The molecule has 0 atom stereocenters. The number of hydrogen-bond acceptors (Lipinski definition) is 3. The van der Waals surface area contributed by atoms with Crippen LogP contribution in [0.2, 0.25) is 0 Å². The van der Waals surface area contributed by atoms with E-state index in [-0.39, 0.29) is 12.5 Å². The maximum absolute atomic E-state index is 12.2. The third kappa shape index (κ3) is 7.62. The Hall–Kier alpha value is -2.82. The Bertz CT molecular complexity index is 1030.